The van der Waals surface area contributed by atoms with Crippen molar-refractivity contribution < 1.29 is 8.42 Å². The third-order valence-electron chi connectivity index (χ3n) is 2.65. The van der Waals surface area contributed by atoms with E-state index in [9.17, 15) is 8.42 Å². The van der Waals surface area contributed by atoms with Crippen molar-refractivity contribution in [2.24, 2.45) is 0 Å². The molecule has 102 valence electrons. The van der Waals surface area contributed by atoms with Crippen molar-refractivity contribution in [3.05, 3.63) is 35.2 Å². The molecular formula is C11H13ClN4O2S. The molecular weight excluding hydrogens is 288 g/mol. The molecule has 0 radical (unpaired) electrons. The quantitative estimate of drug-likeness (QED) is 0.845. The van der Waals surface area contributed by atoms with E-state index in [0.717, 1.165) is 4.31 Å². The zero-order valence-electron chi connectivity index (χ0n) is 10.4. The molecule has 6 nitrogen and oxygen atoms in total. The summed E-state index contributed by atoms with van der Waals surface area (Å²) in [4.78, 5) is 6.57. The summed E-state index contributed by atoms with van der Waals surface area (Å²) in [5, 5.41) is 0.416. The van der Waals surface area contributed by atoms with Gasteiger partial charge in [0.2, 0.25) is 0 Å². The molecule has 3 N–H and O–H groups in total. The van der Waals surface area contributed by atoms with Crippen LogP contribution in [0.5, 0.6) is 0 Å². The lowest BCUT2D eigenvalue weighted by Gasteiger charge is -2.20. The van der Waals surface area contributed by atoms with E-state index >= 15 is 0 Å². The van der Waals surface area contributed by atoms with E-state index in [-0.39, 0.29) is 5.03 Å². The van der Waals surface area contributed by atoms with Gasteiger partial charge >= 0.3 is 0 Å². The number of rotatable bonds is 3. The summed E-state index contributed by atoms with van der Waals surface area (Å²) >= 11 is 5.86. The Balaban J connectivity index is 2.49. The van der Waals surface area contributed by atoms with Gasteiger partial charge in [0, 0.05) is 12.1 Å². The number of H-pyrrole nitrogens is 1. The van der Waals surface area contributed by atoms with Crippen LogP contribution in [0.1, 0.15) is 5.82 Å². The Hall–Kier alpha value is -1.73. The third-order valence-corrected chi connectivity index (χ3v) is 4.57. The van der Waals surface area contributed by atoms with E-state index in [2.05, 4.69) is 9.97 Å². The maximum absolute atomic E-state index is 12.4. The monoisotopic (exact) mass is 300 g/mol. The molecule has 0 unspecified atom stereocenters. The first-order valence-electron chi connectivity index (χ1n) is 5.38. The van der Waals surface area contributed by atoms with Gasteiger partial charge in [-0.15, -0.1) is 0 Å². The summed E-state index contributed by atoms with van der Waals surface area (Å²) < 4.78 is 25.8. The smallest absolute Gasteiger partial charge is 0.281 e. The van der Waals surface area contributed by atoms with Gasteiger partial charge in [-0.3, -0.25) is 4.31 Å². The molecule has 0 aliphatic carbocycles. The third kappa shape index (κ3) is 2.52. The maximum Gasteiger partial charge on any atom is 0.281 e. The highest BCUT2D eigenvalue weighted by atomic mass is 35.5. The number of aromatic nitrogens is 2. The lowest BCUT2D eigenvalue weighted by Crippen LogP contribution is -2.27. The maximum atomic E-state index is 12.4. The molecule has 1 aromatic carbocycles. The summed E-state index contributed by atoms with van der Waals surface area (Å²) in [5.41, 5.74) is 6.42. The Kier molecular flexibility index (Phi) is 3.42. The van der Waals surface area contributed by atoms with Gasteiger partial charge in [0.25, 0.3) is 10.0 Å². The van der Waals surface area contributed by atoms with Gasteiger partial charge in [-0.05, 0) is 25.1 Å². The highest BCUT2D eigenvalue weighted by molar-refractivity contribution is 7.92. The summed E-state index contributed by atoms with van der Waals surface area (Å²) in [6, 6.07) is 4.65. The highest BCUT2D eigenvalue weighted by Gasteiger charge is 2.24. The van der Waals surface area contributed by atoms with Crippen LogP contribution in [0.2, 0.25) is 5.02 Å². The van der Waals surface area contributed by atoms with Crippen molar-refractivity contribution in [2.75, 3.05) is 17.1 Å². The second-order valence-corrected chi connectivity index (χ2v) is 6.38. The number of halogens is 1. The Morgan fingerprint density at radius 1 is 1.42 bits per heavy atom. The van der Waals surface area contributed by atoms with Gasteiger partial charge in [0.05, 0.1) is 17.6 Å². The number of imidazole rings is 1. The molecule has 2 aromatic rings. The average Bonchev–Trinajstić information content (AvgIpc) is 2.79. The number of anilines is 2. The molecule has 0 atom stereocenters. The molecule has 0 amide bonds. The standard InChI is InChI=1S/C11H13ClN4O2S/c1-7-14-6-11(15-7)19(17,18)16(2)10-5-8(12)3-4-9(10)13/h3-6H,13H2,1-2H3,(H,14,15). The molecule has 19 heavy (non-hydrogen) atoms. The zero-order chi connectivity index (χ0) is 14.2. The zero-order valence-corrected chi connectivity index (χ0v) is 12.0. The highest BCUT2D eigenvalue weighted by Crippen LogP contribution is 2.29. The minimum absolute atomic E-state index is 0.00637. The number of hydrogen-bond donors (Lipinski definition) is 2. The second kappa shape index (κ2) is 4.75. The Morgan fingerprint density at radius 2 is 2.11 bits per heavy atom. The van der Waals surface area contributed by atoms with E-state index in [1.54, 1.807) is 19.1 Å². The first-order valence-corrected chi connectivity index (χ1v) is 7.20. The normalized spacial score (nSPS) is 11.5. The van der Waals surface area contributed by atoms with Crippen LogP contribution >= 0.6 is 11.6 Å². The first-order chi connectivity index (χ1) is 8.82. The molecule has 1 aromatic heterocycles. The number of hydrogen-bond acceptors (Lipinski definition) is 4. The summed E-state index contributed by atoms with van der Waals surface area (Å²) in [6.07, 6.45) is 1.27. The van der Waals surface area contributed by atoms with E-state index in [1.165, 1.54) is 19.3 Å². The minimum atomic E-state index is -3.73. The van der Waals surface area contributed by atoms with Crippen molar-refractivity contribution in [3.8, 4) is 0 Å². The fourth-order valence-electron chi connectivity index (χ4n) is 1.60. The van der Waals surface area contributed by atoms with Crippen LogP contribution in [-0.4, -0.2) is 25.4 Å². The number of nitrogens with two attached hydrogens (primary N) is 1. The van der Waals surface area contributed by atoms with Crippen LogP contribution in [0.3, 0.4) is 0 Å². The van der Waals surface area contributed by atoms with Crippen LogP contribution in [0, 0.1) is 6.92 Å². The number of sulfonamides is 1. The molecule has 2 rings (SSSR count). The molecule has 8 heteroatoms. The molecule has 0 fully saturated rings. The fraction of sp³-hybridized carbons (Fsp3) is 0.182. The summed E-state index contributed by atoms with van der Waals surface area (Å²) in [7, 11) is -2.32. The molecule has 0 spiro atoms. The van der Waals surface area contributed by atoms with Crippen LogP contribution < -0.4 is 10.0 Å². The van der Waals surface area contributed by atoms with Crippen LogP contribution in [0.4, 0.5) is 11.4 Å². The van der Waals surface area contributed by atoms with E-state index in [1.807, 2.05) is 0 Å². The number of nitrogens with zero attached hydrogens (tertiary/aromatic N) is 2. The van der Waals surface area contributed by atoms with Crippen molar-refractivity contribution in [2.45, 2.75) is 11.9 Å². The number of aromatic amines is 1. The molecule has 0 aliphatic rings. The average molecular weight is 301 g/mol. The minimum Gasteiger partial charge on any atom is -0.397 e. The molecule has 0 saturated carbocycles. The number of nitrogen functional groups attached to an aromatic ring is 1. The second-order valence-electron chi connectivity index (χ2n) is 4.01. The predicted octanol–water partition coefficient (Wildman–Crippen LogP) is 1.78. The largest absolute Gasteiger partial charge is 0.397 e. The lowest BCUT2D eigenvalue weighted by molar-refractivity contribution is 0.591. The first kappa shape index (κ1) is 13.7. The molecule has 0 saturated heterocycles. The Morgan fingerprint density at radius 3 is 2.68 bits per heavy atom. The Bertz CT molecular complexity index is 711. The van der Waals surface area contributed by atoms with Gasteiger partial charge in [-0.2, -0.15) is 8.42 Å². The fourth-order valence-corrected chi connectivity index (χ4v) is 2.94. The molecule has 1 heterocycles. The van der Waals surface area contributed by atoms with Crippen LogP contribution in [-0.2, 0) is 10.0 Å². The summed E-state index contributed by atoms with van der Waals surface area (Å²) in [5.74, 6) is 0.519. The van der Waals surface area contributed by atoms with Gasteiger partial charge in [-0.25, -0.2) is 4.98 Å². The molecule has 0 bridgehead atoms. The van der Waals surface area contributed by atoms with Crippen molar-refractivity contribution >= 4 is 33.0 Å². The Labute approximate surface area is 116 Å². The van der Waals surface area contributed by atoms with Crippen molar-refractivity contribution in [1.29, 1.82) is 0 Å². The van der Waals surface area contributed by atoms with Gasteiger partial charge in [-0.1, -0.05) is 11.6 Å². The van der Waals surface area contributed by atoms with Crippen LogP contribution in [0.25, 0.3) is 0 Å². The van der Waals surface area contributed by atoms with Crippen LogP contribution in [0.15, 0.2) is 29.4 Å². The number of benzene rings is 1. The van der Waals surface area contributed by atoms with Crippen molar-refractivity contribution in [3.63, 3.8) is 0 Å². The number of aryl methyl sites for hydroxylation is 1. The van der Waals surface area contributed by atoms with Gasteiger partial charge in [0.1, 0.15) is 5.82 Å². The number of nitrogens with one attached hydrogen (secondary N) is 1. The van der Waals surface area contributed by atoms with E-state index in [0.29, 0.717) is 22.2 Å². The van der Waals surface area contributed by atoms with Crippen molar-refractivity contribution in [1.82, 2.24) is 9.97 Å². The molecule has 0 aliphatic heterocycles. The van der Waals surface area contributed by atoms with Gasteiger partial charge < -0.3 is 10.7 Å². The lowest BCUT2D eigenvalue weighted by atomic mass is 10.3. The predicted molar refractivity (Wildman–Crippen MR) is 74.8 cm³/mol. The SMILES string of the molecule is Cc1ncc(S(=O)(=O)N(C)c2cc(Cl)ccc2N)[nH]1. The van der Waals surface area contributed by atoms with E-state index in [4.69, 9.17) is 17.3 Å². The summed E-state index contributed by atoms with van der Waals surface area (Å²) in [6.45, 7) is 1.67. The topological polar surface area (TPSA) is 92.1 Å². The van der Waals surface area contributed by atoms with Gasteiger partial charge in [0.15, 0.2) is 5.03 Å². The van der Waals surface area contributed by atoms with E-state index < -0.39 is 10.0 Å².